The molecule has 0 aromatic rings. The van der Waals surface area contributed by atoms with Crippen LogP contribution in [-0.4, -0.2) is 18.4 Å². The molecular weight excluding hydrogens is 198 g/mol. The lowest BCUT2D eigenvalue weighted by Crippen LogP contribution is -2.48. The molecule has 0 aliphatic rings. The summed E-state index contributed by atoms with van der Waals surface area (Å²) in [5.41, 5.74) is -0.279. The maximum Gasteiger partial charge on any atom is 0.149 e. The van der Waals surface area contributed by atoms with Gasteiger partial charge < -0.3 is 5.32 Å². The van der Waals surface area contributed by atoms with Crippen LogP contribution in [0.4, 0.5) is 0 Å². The third kappa shape index (κ3) is 4.93. The van der Waals surface area contributed by atoms with E-state index in [2.05, 4.69) is 18.8 Å². The van der Waals surface area contributed by atoms with Gasteiger partial charge in [0.15, 0.2) is 0 Å². The number of nitrogens with one attached hydrogen (secondary N) is 1. The van der Waals surface area contributed by atoms with Gasteiger partial charge in [0.05, 0.1) is 5.54 Å². The second kappa shape index (κ2) is 8.51. The number of unbranched alkanes of at least 4 members (excludes halogenated alkanes) is 4. The van der Waals surface area contributed by atoms with Crippen molar-refractivity contribution in [2.45, 2.75) is 64.3 Å². The summed E-state index contributed by atoms with van der Waals surface area (Å²) in [6.45, 7) is 7.48. The summed E-state index contributed by atoms with van der Waals surface area (Å²) in [5.74, 6) is 0.267. The molecule has 0 rings (SSSR count). The molecule has 0 amide bonds. The minimum absolute atomic E-state index is 0.267. The average Bonchev–Trinajstić information content (AvgIpc) is 2.28. The lowest BCUT2D eigenvalue weighted by molar-refractivity contribution is -0.123. The van der Waals surface area contributed by atoms with Crippen LogP contribution < -0.4 is 5.32 Å². The van der Waals surface area contributed by atoms with Crippen LogP contribution in [0.1, 0.15) is 58.8 Å². The van der Waals surface area contributed by atoms with E-state index < -0.39 is 0 Å². The summed E-state index contributed by atoms with van der Waals surface area (Å²) in [6, 6.07) is 0. The number of hydrogen-bond acceptors (Lipinski definition) is 2. The van der Waals surface area contributed by atoms with E-state index in [1.807, 2.05) is 13.1 Å². The molecule has 0 aromatic heterocycles. The number of carbonyl (C=O) groups excluding carboxylic acids is 1. The van der Waals surface area contributed by atoms with Crippen LogP contribution in [-0.2, 0) is 4.79 Å². The molecule has 0 fully saturated rings. The summed E-state index contributed by atoms with van der Waals surface area (Å²) in [7, 11) is 1.89. The molecule has 1 N–H and O–H groups in total. The molecule has 2 heteroatoms. The van der Waals surface area contributed by atoms with Crippen LogP contribution >= 0.6 is 0 Å². The van der Waals surface area contributed by atoms with E-state index in [1.54, 1.807) is 6.92 Å². The van der Waals surface area contributed by atoms with E-state index in [4.69, 9.17) is 0 Å². The van der Waals surface area contributed by atoms with Gasteiger partial charge in [0, 0.05) is 0 Å². The zero-order valence-electron chi connectivity index (χ0n) is 11.1. The number of Topliss-reactive ketones (excluding diaryl/α,β-unsaturated/α-hetero) is 1. The molecule has 16 heavy (non-hydrogen) atoms. The standard InChI is InChI=1S/C14H27NO/c1-5-7-8-9-10-11-12-14(6-2,15-4)13(3)16/h5,15H,1,6-12H2,2-4H3/t14-/m1/s1. The van der Waals surface area contributed by atoms with Crippen molar-refractivity contribution in [2.24, 2.45) is 0 Å². The minimum atomic E-state index is -0.279. The molecule has 0 spiro atoms. The van der Waals surface area contributed by atoms with Crippen molar-refractivity contribution in [2.75, 3.05) is 7.05 Å². The van der Waals surface area contributed by atoms with Crippen LogP contribution in [0.15, 0.2) is 12.7 Å². The van der Waals surface area contributed by atoms with Crippen LogP contribution in [0.3, 0.4) is 0 Å². The number of hydrogen-bond donors (Lipinski definition) is 1. The first kappa shape index (κ1) is 15.4. The Bertz CT molecular complexity index is 207. The number of rotatable bonds is 10. The molecule has 94 valence electrons. The molecule has 2 nitrogen and oxygen atoms in total. The minimum Gasteiger partial charge on any atom is -0.308 e. The molecule has 0 bridgehead atoms. The van der Waals surface area contributed by atoms with Gasteiger partial charge in [0.1, 0.15) is 5.78 Å². The summed E-state index contributed by atoms with van der Waals surface area (Å²) >= 11 is 0. The highest BCUT2D eigenvalue weighted by Crippen LogP contribution is 2.20. The zero-order chi connectivity index (χ0) is 12.4. The Hall–Kier alpha value is -0.630. The fraction of sp³-hybridized carbons (Fsp3) is 0.786. The van der Waals surface area contributed by atoms with E-state index in [0.29, 0.717) is 0 Å². The van der Waals surface area contributed by atoms with Gasteiger partial charge in [-0.1, -0.05) is 32.3 Å². The summed E-state index contributed by atoms with van der Waals surface area (Å²) in [4.78, 5) is 11.6. The number of allylic oxidation sites excluding steroid dienone is 1. The smallest absolute Gasteiger partial charge is 0.149 e. The van der Waals surface area contributed by atoms with Gasteiger partial charge in [-0.3, -0.25) is 4.79 Å². The van der Waals surface area contributed by atoms with E-state index >= 15 is 0 Å². The Morgan fingerprint density at radius 1 is 1.31 bits per heavy atom. The van der Waals surface area contributed by atoms with Gasteiger partial charge in [-0.15, -0.1) is 6.58 Å². The Kier molecular flexibility index (Phi) is 8.18. The van der Waals surface area contributed by atoms with Crippen molar-refractivity contribution in [1.82, 2.24) is 5.32 Å². The molecule has 0 aromatic carbocycles. The maximum absolute atomic E-state index is 11.6. The normalized spacial score (nSPS) is 14.4. The predicted octanol–water partition coefficient (Wildman–Crippen LogP) is 3.47. The predicted molar refractivity (Wildman–Crippen MR) is 70.7 cm³/mol. The molecule has 1 atom stereocenters. The van der Waals surface area contributed by atoms with E-state index in [0.717, 1.165) is 25.7 Å². The average molecular weight is 225 g/mol. The highest BCUT2D eigenvalue weighted by Gasteiger charge is 2.30. The van der Waals surface area contributed by atoms with E-state index in [9.17, 15) is 4.79 Å². The molecule has 0 saturated heterocycles. The monoisotopic (exact) mass is 225 g/mol. The lowest BCUT2D eigenvalue weighted by Gasteiger charge is -2.29. The highest BCUT2D eigenvalue weighted by molar-refractivity contribution is 5.85. The van der Waals surface area contributed by atoms with E-state index in [1.165, 1.54) is 19.3 Å². The third-order valence-corrected chi connectivity index (χ3v) is 3.52. The highest BCUT2D eigenvalue weighted by atomic mass is 16.1. The van der Waals surface area contributed by atoms with Gasteiger partial charge in [0.2, 0.25) is 0 Å². The molecule has 0 heterocycles. The SMILES string of the molecule is C=CCCCCCC[C@@](CC)(NC)C(C)=O. The fourth-order valence-corrected chi connectivity index (χ4v) is 2.15. The Labute approximate surface area is 101 Å². The number of likely N-dealkylation sites (N-methyl/N-ethyl adjacent to an activating group) is 1. The lowest BCUT2D eigenvalue weighted by atomic mass is 9.86. The molecule has 0 saturated carbocycles. The Morgan fingerprint density at radius 2 is 1.94 bits per heavy atom. The molecular formula is C14H27NO. The molecule has 0 radical (unpaired) electrons. The van der Waals surface area contributed by atoms with Gasteiger partial charge in [-0.25, -0.2) is 0 Å². The van der Waals surface area contributed by atoms with Crippen molar-refractivity contribution in [3.63, 3.8) is 0 Å². The quantitative estimate of drug-likeness (QED) is 0.455. The number of ketones is 1. The van der Waals surface area contributed by atoms with Crippen molar-refractivity contribution < 1.29 is 4.79 Å². The van der Waals surface area contributed by atoms with Gasteiger partial charge in [-0.05, 0) is 39.7 Å². The first-order valence-corrected chi connectivity index (χ1v) is 6.43. The van der Waals surface area contributed by atoms with Crippen molar-refractivity contribution in [3.8, 4) is 0 Å². The summed E-state index contributed by atoms with van der Waals surface area (Å²) in [5, 5.41) is 3.20. The second-order valence-electron chi connectivity index (χ2n) is 4.48. The Morgan fingerprint density at radius 3 is 2.38 bits per heavy atom. The zero-order valence-corrected chi connectivity index (χ0v) is 11.1. The van der Waals surface area contributed by atoms with Crippen LogP contribution in [0.5, 0.6) is 0 Å². The van der Waals surface area contributed by atoms with Crippen LogP contribution in [0, 0.1) is 0 Å². The molecule has 0 unspecified atom stereocenters. The fourth-order valence-electron chi connectivity index (χ4n) is 2.15. The maximum atomic E-state index is 11.6. The Balaban J connectivity index is 3.85. The number of carbonyl (C=O) groups is 1. The molecule has 0 aliphatic heterocycles. The van der Waals surface area contributed by atoms with Gasteiger partial charge in [-0.2, -0.15) is 0 Å². The van der Waals surface area contributed by atoms with E-state index in [-0.39, 0.29) is 11.3 Å². The van der Waals surface area contributed by atoms with Crippen LogP contribution in [0.2, 0.25) is 0 Å². The molecule has 0 aliphatic carbocycles. The summed E-state index contributed by atoms with van der Waals surface area (Å²) in [6.07, 6.45) is 9.73. The van der Waals surface area contributed by atoms with Crippen LogP contribution in [0.25, 0.3) is 0 Å². The first-order valence-electron chi connectivity index (χ1n) is 6.43. The van der Waals surface area contributed by atoms with Gasteiger partial charge in [0.25, 0.3) is 0 Å². The first-order chi connectivity index (χ1) is 7.63. The van der Waals surface area contributed by atoms with Crippen molar-refractivity contribution in [1.29, 1.82) is 0 Å². The topological polar surface area (TPSA) is 29.1 Å². The largest absolute Gasteiger partial charge is 0.308 e. The van der Waals surface area contributed by atoms with Crippen molar-refractivity contribution >= 4 is 5.78 Å². The summed E-state index contributed by atoms with van der Waals surface area (Å²) < 4.78 is 0. The van der Waals surface area contributed by atoms with Gasteiger partial charge >= 0.3 is 0 Å². The second-order valence-corrected chi connectivity index (χ2v) is 4.48. The third-order valence-electron chi connectivity index (χ3n) is 3.52. The van der Waals surface area contributed by atoms with Crippen molar-refractivity contribution in [3.05, 3.63) is 12.7 Å².